The molecule has 0 spiro atoms. The van der Waals surface area contributed by atoms with Gasteiger partial charge in [0.2, 0.25) is 0 Å². The van der Waals surface area contributed by atoms with Gasteiger partial charge in [0, 0.05) is 43.7 Å². The summed E-state index contributed by atoms with van der Waals surface area (Å²) in [5.41, 5.74) is 14.3. The molecule has 0 bridgehead atoms. The fourth-order valence-corrected chi connectivity index (χ4v) is 8.18. The molecular weight excluding hydrogens is 597 g/mol. The van der Waals surface area contributed by atoms with Crippen LogP contribution in [0.2, 0.25) is 0 Å². The first-order valence-corrected chi connectivity index (χ1v) is 17.3. The second-order valence-corrected chi connectivity index (χ2v) is 13.3. The van der Waals surface area contributed by atoms with Gasteiger partial charge in [-0.05, 0) is 102 Å². The molecule has 10 aromatic rings. The summed E-state index contributed by atoms with van der Waals surface area (Å²) in [6, 6.07) is 53.1. The maximum absolute atomic E-state index is 6.30. The molecule has 0 atom stereocenters. The van der Waals surface area contributed by atoms with Crippen LogP contribution in [0.4, 0.5) is 0 Å². The average Bonchev–Trinajstić information content (AvgIpc) is 3.78. The number of fused-ring (bicyclic) bond motifs is 9. The van der Waals surface area contributed by atoms with E-state index in [2.05, 4.69) is 156 Å². The van der Waals surface area contributed by atoms with Crippen molar-refractivity contribution >= 4 is 65.6 Å². The zero-order chi connectivity index (χ0) is 32.6. The Bertz CT molecular complexity index is 2900. The molecule has 49 heavy (non-hydrogen) atoms. The SMILES string of the molecule is CCCc1ccccc1-c1cc2c(cc1C)c1ccccc1n2-c1ccc(-n2c3ccccc3c3cc4oc5ccccc5c4cc32)cc1. The van der Waals surface area contributed by atoms with Crippen LogP contribution in [0.5, 0.6) is 0 Å². The fraction of sp³-hybridized carbons (Fsp3) is 0.0870. The molecule has 0 unspecified atom stereocenters. The van der Waals surface area contributed by atoms with E-state index < -0.39 is 0 Å². The summed E-state index contributed by atoms with van der Waals surface area (Å²) in [5.74, 6) is 0. The van der Waals surface area contributed by atoms with Crippen LogP contribution in [0.15, 0.2) is 150 Å². The van der Waals surface area contributed by atoms with Crippen LogP contribution in [0.25, 0.3) is 88.1 Å². The van der Waals surface area contributed by atoms with Crippen molar-refractivity contribution in [2.24, 2.45) is 0 Å². The van der Waals surface area contributed by atoms with Crippen molar-refractivity contribution in [3.05, 3.63) is 157 Å². The van der Waals surface area contributed by atoms with E-state index in [4.69, 9.17) is 4.42 Å². The van der Waals surface area contributed by atoms with Crippen molar-refractivity contribution in [2.75, 3.05) is 0 Å². The maximum Gasteiger partial charge on any atom is 0.136 e. The van der Waals surface area contributed by atoms with E-state index in [9.17, 15) is 0 Å². The lowest BCUT2D eigenvalue weighted by molar-refractivity contribution is 0.669. The Morgan fingerprint density at radius 1 is 0.449 bits per heavy atom. The summed E-state index contributed by atoms with van der Waals surface area (Å²) in [5, 5.41) is 7.26. The molecular formula is C46H34N2O. The molecule has 0 aliphatic heterocycles. The Balaban J connectivity index is 1.18. The second-order valence-electron chi connectivity index (χ2n) is 13.3. The number of nitrogens with zero attached hydrogens (tertiary/aromatic N) is 2. The number of benzene rings is 7. The highest BCUT2D eigenvalue weighted by atomic mass is 16.3. The van der Waals surface area contributed by atoms with Gasteiger partial charge in [0.05, 0.1) is 22.1 Å². The van der Waals surface area contributed by atoms with Gasteiger partial charge >= 0.3 is 0 Å². The fourth-order valence-electron chi connectivity index (χ4n) is 8.18. The molecule has 10 rings (SSSR count). The summed E-state index contributed by atoms with van der Waals surface area (Å²) in [6.07, 6.45) is 2.20. The molecule has 0 N–H and O–H groups in total. The monoisotopic (exact) mass is 630 g/mol. The molecule has 3 nitrogen and oxygen atoms in total. The molecule has 0 aliphatic rings. The molecule has 0 aliphatic carbocycles. The highest BCUT2D eigenvalue weighted by Crippen LogP contribution is 2.40. The van der Waals surface area contributed by atoms with Gasteiger partial charge in [0.15, 0.2) is 0 Å². The van der Waals surface area contributed by atoms with E-state index in [0.717, 1.165) is 46.2 Å². The zero-order valence-electron chi connectivity index (χ0n) is 27.6. The normalized spacial score (nSPS) is 12.0. The summed E-state index contributed by atoms with van der Waals surface area (Å²) in [4.78, 5) is 0. The van der Waals surface area contributed by atoms with Crippen LogP contribution in [0.1, 0.15) is 24.5 Å². The maximum atomic E-state index is 6.30. The predicted molar refractivity (Wildman–Crippen MR) is 207 cm³/mol. The molecule has 0 amide bonds. The largest absolute Gasteiger partial charge is 0.456 e. The van der Waals surface area contributed by atoms with E-state index in [1.54, 1.807) is 0 Å². The summed E-state index contributed by atoms with van der Waals surface area (Å²) < 4.78 is 11.1. The lowest BCUT2D eigenvalue weighted by Crippen LogP contribution is -1.98. The van der Waals surface area contributed by atoms with E-state index >= 15 is 0 Å². The third-order valence-corrected chi connectivity index (χ3v) is 10.4. The van der Waals surface area contributed by atoms with Crippen LogP contribution < -0.4 is 0 Å². The lowest BCUT2D eigenvalue weighted by atomic mass is 9.93. The van der Waals surface area contributed by atoms with Gasteiger partial charge in [0.25, 0.3) is 0 Å². The Labute approximate surface area is 284 Å². The molecule has 0 saturated carbocycles. The van der Waals surface area contributed by atoms with Crippen molar-refractivity contribution < 1.29 is 4.42 Å². The van der Waals surface area contributed by atoms with Gasteiger partial charge in [-0.1, -0.05) is 92.2 Å². The minimum Gasteiger partial charge on any atom is -0.456 e. The number of furan rings is 1. The zero-order valence-corrected chi connectivity index (χ0v) is 27.6. The van der Waals surface area contributed by atoms with Crippen LogP contribution in [-0.4, -0.2) is 9.13 Å². The van der Waals surface area contributed by atoms with Crippen molar-refractivity contribution in [2.45, 2.75) is 26.7 Å². The number of hydrogen-bond donors (Lipinski definition) is 0. The third-order valence-electron chi connectivity index (χ3n) is 10.4. The summed E-state index contributed by atoms with van der Waals surface area (Å²) >= 11 is 0. The van der Waals surface area contributed by atoms with Gasteiger partial charge < -0.3 is 13.6 Å². The molecule has 3 aromatic heterocycles. The highest BCUT2D eigenvalue weighted by Gasteiger charge is 2.19. The smallest absolute Gasteiger partial charge is 0.136 e. The third kappa shape index (κ3) is 4.15. The number of hydrogen-bond acceptors (Lipinski definition) is 1. The lowest BCUT2D eigenvalue weighted by Gasteiger charge is -2.14. The van der Waals surface area contributed by atoms with Crippen LogP contribution in [0.3, 0.4) is 0 Å². The van der Waals surface area contributed by atoms with E-state index in [0.29, 0.717) is 0 Å². The van der Waals surface area contributed by atoms with E-state index in [1.165, 1.54) is 65.9 Å². The standard InChI is InChI=1S/C46H34N2O/c1-3-12-30-13-4-5-14-33(30)37-26-43-38(25-29(37)2)34-15-6-9-18-41(34)47(43)31-21-23-32(24-22-31)48-42-19-10-7-16-35(42)39-28-46-40(27-44(39)48)36-17-8-11-20-45(36)49-46/h4-11,13-28H,3,12H2,1-2H3. The van der Waals surface area contributed by atoms with Gasteiger partial charge in [-0.15, -0.1) is 0 Å². The first kappa shape index (κ1) is 28.0. The highest BCUT2D eigenvalue weighted by molar-refractivity contribution is 6.17. The molecule has 0 fully saturated rings. The molecule has 0 radical (unpaired) electrons. The number of rotatable bonds is 5. The molecule has 7 aromatic carbocycles. The minimum absolute atomic E-state index is 0.920. The van der Waals surface area contributed by atoms with Gasteiger partial charge in [-0.2, -0.15) is 0 Å². The Morgan fingerprint density at radius 2 is 1.02 bits per heavy atom. The summed E-state index contributed by atoms with van der Waals surface area (Å²) in [6.45, 7) is 4.51. The molecule has 3 heteroatoms. The average molecular weight is 631 g/mol. The second kappa shape index (κ2) is 10.7. The van der Waals surface area contributed by atoms with E-state index in [-0.39, 0.29) is 0 Å². The van der Waals surface area contributed by atoms with Crippen LogP contribution in [0, 0.1) is 6.92 Å². The van der Waals surface area contributed by atoms with Gasteiger partial charge in [-0.25, -0.2) is 0 Å². The first-order chi connectivity index (χ1) is 24.2. The number of aryl methyl sites for hydroxylation is 2. The van der Waals surface area contributed by atoms with Gasteiger partial charge in [0.1, 0.15) is 11.2 Å². The molecule has 3 heterocycles. The number of aromatic nitrogens is 2. The summed E-state index contributed by atoms with van der Waals surface area (Å²) in [7, 11) is 0. The van der Waals surface area contributed by atoms with Crippen molar-refractivity contribution in [1.29, 1.82) is 0 Å². The first-order valence-electron chi connectivity index (χ1n) is 17.3. The van der Waals surface area contributed by atoms with E-state index in [1.807, 2.05) is 12.1 Å². The van der Waals surface area contributed by atoms with Crippen molar-refractivity contribution in [3.8, 4) is 22.5 Å². The van der Waals surface area contributed by atoms with Crippen molar-refractivity contribution in [1.82, 2.24) is 9.13 Å². The van der Waals surface area contributed by atoms with Crippen molar-refractivity contribution in [3.63, 3.8) is 0 Å². The van der Waals surface area contributed by atoms with Crippen LogP contribution in [-0.2, 0) is 6.42 Å². The Morgan fingerprint density at radius 3 is 1.71 bits per heavy atom. The quantitative estimate of drug-likeness (QED) is 0.186. The van der Waals surface area contributed by atoms with Gasteiger partial charge in [-0.3, -0.25) is 0 Å². The number of para-hydroxylation sites is 3. The molecule has 0 saturated heterocycles. The topological polar surface area (TPSA) is 23.0 Å². The van der Waals surface area contributed by atoms with Crippen LogP contribution >= 0.6 is 0 Å². The molecule has 234 valence electrons. The Hall–Kier alpha value is -6.06. The Kier molecular flexibility index (Phi) is 6.13. The minimum atomic E-state index is 0.920. The predicted octanol–water partition coefficient (Wildman–Crippen LogP) is 12.7.